The second-order valence-electron chi connectivity index (χ2n) is 4.14. The van der Waals surface area contributed by atoms with Crippen molar-refractivity contribution in [3.05, 3.63) is 36.4 Å². The molecule has 0 fully saturated rings. The van der Waals surface area contributed by atoms with E-state index in [1.54, 1.807) is 30.2 Å². The number of likely N-dealkylation sites (N-methyl/N-ethyl adjacent to an activating group) is 1. The number of carbonyl (C=O) groups excluding carboxylic acids is 1. The zero-order valence-corrected chi connectivity index (χ0v) is 10.6. The lowest BCUT2D eigenvalue weighted by Gasteiger charge is -2.18. The Bertz CT molecular complexity index is 427. The molecule has 0 aliphatic heterocycles. The van der Waals surface area contributed by atoms with Crippen molar-refractivity contribution in [3.8, 4) is 0 Å². The third-order valence-corrected chi connectivity index (χ3v) is 2.51. The molecule has 1 rings (SSSR count). The summed E-state index contributed by atoms with van der Waals surface area (Å²) >= 11 is 0. The number of nitrogens with two attached hydrogens (primary N) is 1. The van der Waals surface area contributed by atoms with E-state index in [0.717, 1.165) is 5.69 Å². The van der Waals surface area contributed by atoms with Crippen molar-refractivity contribution in [2.75, 3.05) is 38.3 Å². The number of nitrogen functional groups attached to an aromatic ring is 1. The SMILES string of the molecule is C=CCN(C)C(=O)c1ccc(N(C)C)c(N)c1. The van der Waals surface area contributed by atoms with Crippen molar-refractivity contribution in [3.63, 3.8) is 0 Å². The van der Waals surface area contributed by atoms with Crippen molar-refractivity contribution in [2.24, 2.45) is 0 Å². The minimum Gasteiger partial charge on any atom is -0.397 e. The third-order valence-electron chi connectivity index (χ3n) is 2.51. The highest BCUT2D eigenvalue weighted by Gasteiger charge is 2.12. The fraction of sp³-hybridized carbons (Fsp3) is 0.308. The average molecular weight is 233 g/mol. The van der Waals surface area contributed by atoms with Gasteiger partial charge >= 0.3 is 0 Å². The first-order chi connectivity index (χ1) is 7.97. The van der Waals surface area contributed by atoms with E-state index in [4.69, 9.17) is 5.73 Å². The van der Waals surface area contributed by atoms with E-state index in [2.05, 4.69) is 6.58 Å². The van der Waals surface area contributed by atoms with E-state index in [1.807, 2.05) is 25.1 Å². The fourth-order valence-corrected chi connectivity index (χ4v) is 1.59. The van der Waals surface area contributed by atoms with Gasteiger partial charge < -0.3 is 15.5 Å². The summed E-state index contributed by atoms with van der Waals surface area (Å²) in [5.41, 5.74) is 8.01. The number of hydrogen-bond acceptors (Lipinski definition) is 3. The van der Waals surface area contributed by atoms with E-state index < -0.39 is 0 Å². The summed E-state index contributed by atoms with van der Waals surface area (Å²) in [7, 11) is 5.56. The number of nitrogens with zero attached hydrogens (tertiary/aromatic N) is 2. The number of hydrogen-bond donors (Lipinski definition) is 1. The second-order valence-corrected chi connectivity index (χ2v) is 4.14. The van der Waals surface area contributed by atoms with Crippen LogP contribution in [-0.2, 0) is 0 Å². The summed E-state index contributed by atoms with van der Waals surface area (Å²) in [5, 5.41) is 0. The Labute approximate surface area is 102 Å². The number of amides is 1. The number of rotatable bonds is 4. The normalized spacial score (nSPS) is 9.82. The topological polar surface area (TPSA) is 49.6 Å². The van der Waals surface area contributed by atoms with E-state index in [9.17, 15) is 4.79 Å². The molecule has 0 saturated carbocycles. The average Bonchev–Trinajstić information content (AvgIpc) is 2.27. The van der Waals surface area contributed by atoms with Crippen LogP contribution in [0, 0.1) is 0 Å². The van der Waals surface area contributed by atoms with Gasteiger partial charge in [-0.1, -0.05) is 6.08 Å². The van der Waals surface area contributed by atoms with Gasteiger partial charge in [-0.2, -0.15) is 0 Å². The Hall–Kier alpha value is -1.97. The first-order valence-corrected chi connectivity index (χ1v) is 5.40. The Kier molecular flexibility index (Phi) is 4.15. The molecule has 17 heavy (non-hydrogen) atoms. The number of benzene rings is 1. The third kappa shape index (κ3) is 3.00. The molecule has 2 N–H and O–H groups in total. The zero-order chi connectivity index (χ0) is 13.0. The molecular formula is C13H19N3O. The molecule has 92 valence electrons. The fourth-order valence-electron chi connectivity index (χ4n) is 1.59. The van der Waals surface area contributed by atoms with Gasteiger partial charge in [0, 0.05) is 33.3 Å². The van der Waals surface area contributed by atoms with Gasteiger partial charge in [0.25, 0.3) is 5.91 Å². The Balaban J connectivity index is 2.97. The maximum Gasteiger partial charge on any atom is 0.253 e. The molecule has 0 heterocycles. The lowest BCUT2D eigenvalue weighted by Crippen LogP contribution is -2.26. The van der Waals surface area contributed by atoms with Crippen LogP contribution < -0.4 is 10.6 Å². The molecule has 0 aromatic heterocycles. The summed E-state index contributed by atoms with van der Waals surface area (Å²) < 4.78 is 0. The molecule has 4 nitrogen and oxygen atoms in total. The van der Waals surface area contributed by atoms with Crippen LogP contribution in [0.15, 0.2) is 30.9 Å². The summed E-state index contributed by atoms with van der Waals surface area (Å²) in [5.74, 6) is -0.0538. The van der Waals surface area contributed by atoms with Crippen LogP contribution >= 0.6 is 0 Å². The predicted molar refractivity (Wildman–Crippen MR) is 72.3 cm³/mol. The number of carbonyl (C=O) groups is 1. The summed E-state index contributed by atoms with van der Waals surface area (Å²) in [6.07, 6.45) is 1.69. The molecule has 0 unspecified atom stereocenters. The summed E-state index contributed by atoms with van der Waals surface area (Å²) in [6, 6.07) is 5.34. The molecule has 0 bridgehead atoms. The van der Waals surface area contributed by atoms with Crippen molar-refractivity contribution in [2.45, 2.75) is 0 Å². The van der Waals surface area contributed by atoms with Gasteiger partial charge in [0.15, 0.2) is 0 Å². The molecular weight excluding hydrogens is 214 g/mol. The minimum atomic E-state index is -0.0538. The van der Waals surface area contributed by atoms with Crippen LogP contribution in [0.4, 0.5) is 11.4 Å². The van der Waals surface area contributed by atoms with E-state index in [1.165, 1.54) is 0 Å². The molecule has 1 amide bonds. The molecule has 0 aliphatic carbocycles. The zero-order valence-electron chi connectivity index (χ0n) is 10.6. The largest absolute Gasteiger partial charge is 0.397 e. The van der Waals surface area contributed by atoms with E-state index in [0.29, 0.717) is 17.8 Å². The first-order valence-electron chi connectivity index (χ1n) is 5.40. The molecule has 0 saturated heterocycles. The molecule has 0 atom stereocenters. The molecule has 0 spiro atoms. The van der Waals surface area contributed by atoms with E-state index >= 15 is 0 Å². The molecule has 0 aliphatic rings. The van der Waals surface area contributed by atoms with Gasteiger partial charge in [-0.15, -0.1) is 6.58 Å². The smallest absolute Gasteiger partial charge is 0.253 e. The Morgan fingerprint density at radius 1 is 1.41 bits per heavy atom. The lowest BCUT2D eigenvalue weighted by molar-refractivity contribution is 0.0810. The standard InChI is InChI=1S/C13H19N3O/c1-5-8-16(4)13(17)10-6-7-12(15(2)3)11(14)9-10/h5-7,9H,1,8,14H2,2-4H3. The predicted octanol–water partition coefficient (Wildman–Crippen LogP) is 1.59. The number of anilines is 2. The molecule has 1 aromatic rings. The van der Waals surface area contributed by atoms with Crippen LogP contribution in [0.1, 0.15) is 10.4 Å². The lowest BCUT2D eigenvalue weighted by atomic mass is 10.1. The maximum atomic E-state index is 12.0. The molecule has 1 aromatic carbocycles. The van der Waals surface area contributed by atoms with Crippen LogP contribution in [0.5, 0.6) is 0 Å². The van der Waals surface area contributed by atoms with Crippen molar-refractivity contribution < 1.29 is 4.79 Å². The molecule has 4 heteroatoms. The highest BCUT2D eigenvalue weighted by Crippen LogP contribution is 2.22. The van der Waals surface area contributed by atoms with Crippen molar-refractivity contribution >= 4 is 17.3 Å². The van der Waals surface area contributed by atoms with Gasteiger partial charge in [-0.05, 0) is 18.2 Å². The van der Waals surface area contributed by atoms with Crippen molar-refractivity contribution in [1.29, 1.82) is 0 Å². The van der Waals surface area contributed by atoms with Crippen LogP contribution in [0.3, 0.4) is 0 Å². The Morgan fingerprint density at radius 2 is 2.06 bits per heavy atom. The summed E-state index contributed by atoms with van der Waals surface area (Å²) in [4.78, 5) is 15.5. The van der Waals surface area contributed by atoms with Gasteiger partial charge in [0.05, 0.1) is 11.4 Å². The summed E-state index contributed by atoms with van der Waals surface area (Å²) in [6.45, 7) is 4.13. The maximum absolute atomic E-state index is 12.0. The van der Waals surface area contributed by atoms with Gasteiger partial charge in [-0.3, -0.25) is 4.79 Å². The second kappa shape index (κ2) is 5.39. The minimum absolute atomic E-state index is 0.0538. The quantitative estimate of drug-likeness (QED) is 0.634. The highest BCUT2D eigenvalue weighted by molar-refractivity contribution is 5.96. The molecule has 0 radical (unpaired) electrons. The van der Waals surface area contributed by atoms with Crippen LogP contribution in [0.2, 0.25) is 0 Å². The van der Waals surface area contributed by atoms with Gasteiger partial charge in [0.1, 0.15) is 0 Å². The van der Waals surface area contributed by atoms with Gasteiger partial charge in [0.2, 0.25) is 0 Å². The van der Waals surface area contributed by atoms with Crippen LogP contribution in [-0.4, -0.2) is 38.5 Å². The van der Waals surface area contributed by atoms with Gasteiger partial charge in [-0.25, -0.2) is 0 Å². The highest BCUT2D eigenvalue weighted by atomic mass is 16.2. The van der Waals surface area contributed by atoms with Crippen LogP contribution in [0.25, 0.3) is 0 Å². The Morgan fingerprint density at radius 3 is 2.53 bits per heavy atom. The van der Waals surface area contributed by atoms with E-state index in [-0.39, 0.29) is 5.91 Å². The first kappa shape index (κ1) is 13.1. The monoisotopic (exact) mass is 233 g/mol. The van der Waals surface area contributed by atoms with Crippen molar-refractivity contribution in [1.82, 2.24) is 4.90 Å².